The SMILES string of the molecule is O=C(c1ccc(F)c(Cl)c1F)N1C[C@@H]2CCC[C@@]2(C(=O)O)C1. The second-order valence-corrected chi connectivity index (χ2v) is 6.34. The van der Waals surface area contributed by atoms with Crippen molar-refractivity contribution in [2.75, 3.05) is 13.1 Å². The first-order valence-corrected chi connectivity index (χ1v) is 7.41. The first-order valence-electron chi connectivity index (χ1n) is 7.03. The lowest BCUT2D eigenvalue weighted by molar-refractivity contribution is -0.149. The Labute approximate surface area is 130 Å². The van der Waals surface area contributed by atoms with Gasteiger partial charge in [0, 0.05) is 13.1 Å². The standard InChI is InChI=1S/C15H14ClF2NO3/c16-11-10(17)4-3-9(12(11)18)13(20)19-6-8-2-1-5-15(8,7-19)14(21)22/h3-4,8H,1-2,5-7H2,(H,21,22)/t8-,15+/m0/s1. The zero-order valence-electron chi connectivity index (χ0n) is 11.6. The van der Waals surface area contributed by atoms with Crippen LogP contribution in [0, 0.1) is 23.0 Å². The van der Waals surface area contributed by atoms with Gasteiger partial charge in [-0.25, -0.2) is 8.78 Å². The summed E-state index contributed by atoms with van der Waals surface area (Å²) in [6.45, 7) is 0.333. The van der Waals surface area contributed by atoms with Crippen LogP contribution in [0.2, 0.25) is 5.02 Å². The third kappa shape index (κ3) is 2.08. The van der Waals surface area contributed by atoms with E-state index in [9.17, 15) is 23.5 Å². The van der Waals surface area contributed by atoms with Crippen molar-refractivity contribution in [1.29, 1.82) is 0 Å². The minimum atomic E-state index is -1.10. The normalized spacial score (nSPS) is 27.0. The Morgan fingerprint density at radius 3 is 2.73 bits per heavy atom. The van der Waals surface area contributed by atoms with E-state index in [0.29, 0.717) is 6.42 Å². The number of likely N-dealkylation sites (tertiary alicyclic amines) is 1. The lowest BCUT2D eigenvalue weighted by Crippen LogP contribution is -2.37. The number of benzene rings is 1. The molecule has 1 saturated carbocycles. The van der Waals surface area contributed by atoms with Crippen LogP contribution in [0.25, 0.3) is 0 Å². The number of fused-ring (bicyclic) bond motifs is 1. The number of amides is 1. The topological polar surface area (TPSA) is 57.6 Å². The molecular weight excluding hydrogens is 316 g/mol. The molecular formula is C15H14ClF2NO3. The molecule has 1 aliphatic carbocycles. The molecule has 7 heteroatoms. The number of nitrogens with zero attached hydrogens (tertiary/aromatic N) is 1. The summed E-state index contributed by atoms with van der Waals surface area (Å²) in [5.41, 5.74) is -1.26. The zero-order valence-corrected chi connectivity index (χ0v) is 12.4. The van der Waals surface area contributed by atoms with Gasteiger partial charge in [-0.05, 0) is 30.9 Å². The summed E-state index contributed by atoms with van der Waals surface area (Å²) in [6, 6.07) is 1.98. The number of carbonyl (C=O) groups excluding carboxylic acids is 1. The largest absolute Gasteiger partial charge is 0.481 e. The van der Waals surface area contributed by atoms with Crippen molar-refractivity contribution in [3.63, 3.8) is 0 Å². The molecule has 1 saturated heterocycles. The van der Waals surface area contributed by atoms with Crippen molar-refractivity contribution in [1.82, 2.24) is 4.90 Å². The van der Waals surface area contributed by atoms with Crippen molar-refractivity contribution >= 4 is 23.5 Å². The van der Waals surface area contributed by atoms with Gasteiger partial charge in [0.05, 0.1) is 11.0 Å². The highest BCUT2D eigenvalue weighted by molar-refractivity contribution is 6.31. The summed E-state index contributed by atoms with van der Waals surface area (Å²) in [6.07, 6.45) is 2.07. The van der Waals surface area contributed by atoms with Crippen molar-refractivity contribution < 1.29 is 23.5 Å². The Balaban J connectivity index is 1.89. The molecule has 0 bridgehead atoms. The summed E-state index contributed by atoms with van der Waals surface area (Å²) in [5.74, 6) is -3.71. The van der Waals surface area contributed by atoms with Crippen LogP contribution in [0.3, 0.4) is 0 Å². The average Bonchev–Trinajstić information content (AvgIpc) is 3.02. The molecule has 118 valence electrons. The van der Waals surface area contributed by atoms with Crippen LogP contribution in [-0.2, 0) is 4.79 Å². The fraction of sp³-hybridized carbons (Fsp3) is 0.467. The van der Waals surface area contributed by atoms with Crippen molar-refractivity contribution in [3.8, 4) is 0 Å². The smallest absolute Gasteiger partial charge is 0.311 e. The Morgan fingerprint density at radius 1 is 1.36 bits per heavy atom. The summed E-state index contributed by atoms with van der Waals surface area (Å²) < 4.78 is 27.2. The number of carboxylic acids is 1. The molecule has 1 N–H and O–H groups in total. The Bertz CT molecular complexity index is 666. The van der Waals surface area contributed by atoms with Crippen molar-refractivity contribution in [2.24, 2.45) is 11.3 Å². The number of hydrogen-bond acceptors (Lipinski definition) is 2. The molecule has 1 aromatic rings. The highest BCUT2D eigenvalue weighted by atomic mass is 35.5. The minimum Gasteiger partial charge on any atom is -0.481 e. The van der Waals surface area contributed by atoms with Crippen LogP contribution in [0.5, 0.6) is 0 Å². The molecule has 1 aromatic carbocycles. The molecule has 2 aliphatic rings. The maximum atomic E-state index is 14.0. The predicted molar refractivity (Wildman–Crippen MR) is 74.7 cm³/mol. The van der Waals surface area contributed by atoms with Gasteiger partial charge in [0.2, 0.25) is 0 Å². The second kappa shape index (κ2) is 5.19. The summed E-state index contributed by atoms with van der Waals surface area (Å²) in [4.78, 5) is 25.4. The highest BCUT2D eigenvalue weighted by Gasteiger charge is 2.56. The first-order chi connectivity index (χ1) is 10.4. The van der Waals surface area contributed by atoms with Gasteiger partial charge in [0.1, 0.15) is 10.8 Å². The lowest BCUT2D eigenvalue weighted by atomic mass is 9.81. The van der Waals surface area contributed by atoms with Gasteiger partial charge in [0.25, 0.3) is 5.91 Å². The fourth-order valence-corrected chi connectivity index (χ4v) is 3.82. The molecule has 1 aliphatic heterocycles. The van der Waals surface area contributed by atoms with E-state index >= 15 is 0 Å². The van der Waals surface area contributed by atoms with E-state index in [1.807, 2.05) is 0 Å². The number of carbonyl (C=O) groups is 2. The van der Waals surface area contributed by atoms with E-state index in [1.165, 1.54) is 4.90 Å². The third-order valence-electron chi connectivity index (χ3n) is 4.85. The molecule has 2 fully saturated rings. The molecule has 3 rings (SSSR count). The van der Waals surface area contributed by atoms with Gasteiger partial charge in [0.15, 0.2) is 5.82 Å². The molecule has 22 heavy (non-hydrogen) atoms. The number of carboxylic acid groups (broad SMARTS) is 1. The number of halogens is 3. The third-order valence-corrected chi connectivity index (χ3v) is 5.20. The van der Waals surface area contributed by atoms with Crippen LogP contribution in [-0.4, -0.2) is 35.0 Å². The van der Waals surface area contributed by atoms with Crippen LogP contribution >= 0.6 is 11.6 Å². The van der Waals surface area contributed by atoms with Gasteiger partial charge in [-0.15, -0.1) is 0 Å². The zero-order chi connectivity index (χ0) is 16.1. The molecule has 0 spiro atoms. The maximum Gasteiger partial charge on any atom is 0.311 e. The number of aliphatic carboxylic acids is 1. The maximum absolute atomic E-state index is 14.0. The predicted octanol–water partition coefficient (Wildman–Crippen LogP) is 2.95. The van der Waals surface area contributed by atoms with Crippen LogP contribution in [0.15, 0.2) is 12.1 Å². The quantitative estimate of drug-likeness (QED) is 0.849. The molecule has 4 nitrogen and oxygen atoms in total. The second-order valence-electron chi connectivity index (χ2n) is 5.96. The fourth-order valence-electron chi connectivity index (χ4n) is 3.65. The van der Waals surface area contributed by atoms with Gasteiger partial charge >= 0.3 is 5.97 Å². The summed E-state index contributed by atoms with van der Waals surface area (Å²) in [5, 5.41) is 8.77. The molecule has 0 radical (unpaired) electrons. The number of rotatable bonds is 2. The van der Waals surface area contributed by atoms with Gasteiger partial charge in [-0.3, -0.25) is 9.59 Å². The minimum absolute atomic E-state index is 0.0558. The van der Waals surface area contributed by atoms with E-state index in [4.69, 9.17) is 11.6 Å². The van der Waals surface area contributed by atoms with E-state index in [2.05, 4.69) is 0 Å². The van der Waals surface area contributed by atoms with Gasteiger partial charge < -0.3 is 10.0 Å². The lowest BCUT2D eigenvalue weighted by Gasteiger charge is -2.23. The Hall–Kier alpha value is -1.69. The van der Waals surface area contributed by atoms with Crippen molar-refractivity contribution in [3.05, 3.63) is 34.4 Å². The monoisotopic (exact) mass is 329 g/mol. The van der Waals surface area contributed by atoms with Crippen LogP contribution in [0.4, 0.5) is 8.78 Å². The molecule has 0 unspecified atom stereocenters. The molecule has 0 aromatic heterocycles. The summed E-state index contributed by atoms with van der Waals surface area (Å²) in [7, 11) is 0. The average molecular weight is 330 g/mol. The molecule has 1 amide bonds. The van der Waals surface area contributed by atoms with E-state index in [1.54, 1.807) is 0 Å². The van der Waals surface area contributed by atoms with Crippen LogP contribution in [0.1, 0.15) is 29.6 Å². The molecule has 1 heterocycles. The van der Waals surface area contributed by atoms with Gasteiger partial charge in [-0.2, -0.15) is 0 Å². The first kappa shape index (κ1) is 15.2. The molecule has 2 atom stereocenters. The van der Waals surface area contributed by atoms with Gasteiger partial charge in [-0.1, -0.05) is 18.0 Å². The Kier molecular flexibility index (Phi) is 3.59. The van der Waals surface area contributed by atoms with E-state index in [0.717, 1.165) is 25.0 Å². The Morgan fingerprint density at radius 2 is 2.09 bits per heavy atom. The van der Waals surface area contributed by atoms with Crippen molar-refractivity contribution in [2.45, 2.75) is 19.3 Å². The summed E-state index contributed by atoms with van der Waals surface area (Å²) >= 11 is 5.49. The van der Waals surface area contributed by atoms with E-state index < -0.39 is 33.9 Å². The van der Waals surface area contributed by atoms with E-state index in [-0.39, 0.29) is 24.6 Å². The number of hydrogen-bond donors (Lipinski definition) is 1. The van der Waals surface area contributed by atoms with Crippen LogP contribution < -0.4 is 0 Å². The highest BCUT2D eigenvalue weighted by Crippen LogP contribution is 2.49.